The molecular weight excluding hydrogens is 499 g/mol. The lowest BCUT2D eigenvalue weighted by molar-refractivity contribution is -0.0598. The Morgan fingerprint density at radius 1 is 1.24 bits per heavy atom. The molecule has 1 atom stereocenters. The van der Waals surface area contributed by atoms with Crippen LogP contribution in [0.15, 0.2) is 47.8 Å². The molecule has 0 spiro atoms. The molecule has 9 nitrogen and oxygen atoms in total. The highest BCUT2D eigenvalue weighted by molar-refractivity contribution is 6.30. The predicted octanol–water partition coefficient (Wildman–Crippen LogP) is 3.91. The van der Waals surface area contributed by atoms with E-state index < -0.39 is 5.82 Å². The van der Waals surface area contributed by atoms with E-state index in [1.807, 2.05) is 16.7 Å². The van der Waals surface area contributed by atoms with Gasteiger partial charge in [0.2, 0.25) is 5.88 Å². The van der Waals surface area contributed by atoms with Crippen molar-refractivity contribution < 1.29 is 19.1 Å². The molecule has 2 aromatic heterocycles. The maximum absolute atomic E-state index is 14.1. The maximum Gasteiger partial charge on any atom is 0.213 e. The fraction of sp³-hybridized carbons (Fsp3) is 0.423. The lowest BCUT2D eigenvalue weighted by atomic mass is 9.93. The molecule has 1 aromatic carbocycles. The second-order valence-corrected chi connectivity index (χ2v) is 9.85. The van der Waals surface area contributed by atoms with Crippen LogP contribution in [-0.2, 0) is 24.4 Å². The van der Waals surface area contributed by atoms with Gasteiger partial charge in [0, 0.05) is 34.9 Å². The van der Waals surface area contributed by atoms with Crippen molar-refractivity contribution in [2.45, 2.75) is 51.0 Å². The summed E-state index contributed by atoms with van der Waals surface area (Å²) in [6, 6.07) is 10.3. The van der Waals surface area contributed by atoms with Gasteiger partial charge in [-0.1, -0.05) is 28.9 Å². The third-order valence-corrected chi connectivity index (χ3v) is 7.23. The van der Waals surface area contributed by atoms with Crippen LogP contribution in [0.2, 0.25) is 5.02 Å². The highest BCUT2D eigenvalue weighted by Crippen LogP contribution is 2.29. The molecule has 2 aliphatic rings. The topological polar surface area (TPSA) is 111 Å². The number of aromatic nitrogens is 3. The average molecular weight is 529 g/mol. The van der Waals surface area contributed by atoms with Gasteiger partial charge < -0.3 is 25.0 Å². The van der Waals surface area contributed by atoms with Crippen molar-refractivity contribution in [2.75, 3.05) is 19.7 Å². The number of oxime groups is 1. The van der Waals surface area contributed by atoms with E-state index in [0.717, 1.165) is 50.5 Å². The van der Waals surface area contributed by atoms with Crippen molar-refractivity contribution in [3.63, 3.8) is 0 Å². The molecule has 2 aliphatic heterocycles. The van der Waals surface area contributed by atoms with E-state index in [1.165, 1.54) is 6.07 Å². The number of ether oxygens (including phenoxy) is 2. The van der Waals surface area contributed by atoms with Gasteiger partial charge in [-0.05, 0) is 50.6 Å². The summed E-state index contributed by atoms with van der Waals surface area (Å²) in [4.78, 5) is 11.6. The summed E-state index contributed by atoms with van der Waals surface area (Å²) in [6.45, 7) is 3.93. The lowest BCUT2D eigenvalue weighted by Gasteiger charge is -2.32. The number of nitrogens with two attached hydrogens (primary N) is 1. The zero-order chi connectivity index (χ0) is 25.8. The first kappa shape index (κ1) is 25.4. The van der Waals surface area contributed by atoms with Crippen molar-refractivity contribution in [2.24, 2.45) is 10.9 Å². The smallest absolute Gasteiger partial charge is 0.213 e. The molecule has 0 radical (unpaired) electrons. The number of halogens is 2. The Labute approximate surface area is 219 Å². The van der Waals surface area contributed by atoms with Crippen molar-refractivity contribution in [1.82, 2.24) is 19.4 Å². The molecule has 196 valence electrons. The van der Waals surface area contributed by atoms with E-state index in [2.05, 4.69) is 15.0 Å². The lowest BCUT2D eigenvalue weighted by Crippen LogP contribution is -2.36. The minimum atomic E-state index is -0.393. The summed E-state index contributed by atoms with van der Waals surface area (Å²) < 4.78 is 27.4. The van der Waals surface area contributed by atoms with Gasteiger partial charge in [0.1, 0.15) is 23.9 Å². The molecule has 1 unspecified atom stereocenters. The van der Waals surface area contributed by atoms with Crippen molar-refractivity contribution in [1.29, 1.82) is 0 Å². The standard InChI is InChI=1S/C26H30ClFN6O3/c27-19-5-4-18(21(28)12-19)16-37-25-3-1-2-22(31-25)17-6-9-33(10-7-17)15-24-30-13-23(26(29)32-35)34(24)14-20-8-11-36-20/h1-5,12-13,17,20,35H,6-11,14-16H2,(H2,29,32). The highest BCUT2D eigenvalue weighted by atomic mass is 35.5. The van der Waals surface area contributed by atoms with Crippen LogP contribution in [0.5, 0.6) is 5.88 Å². The second kappa shape index (κ2) is 11.5. The Morgan fingerprint density at radius 3 is 2.76 bits per heavy atom. The van der Waals surface area contributed by atoms with Crippen LogP contribution in [0, 0.1) is 5.82 Å². The summed E-state index contributed by atoms with van der Waals surface area (Å²) in [5.41, 5.74) is 7.89. The zero-order valence-electron chi connectivity index (χ0n) is 20.4. The first-order valence-electron chi connectivity index (χ1n) is 12.4. The van der Waals surface area contributed by atoms with Crippen LogP contribution in [0.25, 0.3) is 0 Å². The largest absolute Gasteiger partial charge is 0.473 e. The Balaban J connectivity index is 1.18. The van der Waals surface area contributed by atoms with Crippen LogP contribution in [0.1, 0.15) is 48.0 Å². The van der Waals surface area contributed by atoms with Gasteiger partial charge >= 0.3 is 0 Å². The third-order valence-electron chi connectivity index (χ3n) is 6.99. The van der Waals surface area contributed by atoms with E-state index in [4.69, 9.17) is 37.0 Å². The zero-order valence-corrected chi connectivity index (χ0v) is 21.1. The van der Waals surface area contributed by atoms with E-state index in [9.17, 15) is 4.39 Å². The summed E-state index contributed by atoms with van der Waals surface area (Å²) in [7, 11) is 0. The monoisotopic (exact) mass is 528 g/mol. The third kappa shape index (κ3) is 6.03. The summed E-state index contributed by atoms with van der Waals surface area (Å²) in [5, 5.41) is 12.7. The molecule has 0 amide bonds. The molecule has 11 heteroatoms. The number of hydrogen-bond donors (Lipinski definition) is 2. The molecule has 0 saturated carbocycles. The normalized spacial score (nSPS) is 19.1. The fourth-order valence-electron chi connectivity index (χ4n) is 4.75. The number of piperidine rings is 1. The average Bonchev–Trinajstić information content (AvgIpc) is 3.28. The van der Waals surface area contributed by atoms with Crippen LogP contribution >= 0.6 is 11.6 Å². The van der Waals surface area contributed by atoms with Gasteiger partial charge in [-0.2, -0.15) is 0 Å². The first-order valence-corrected chi connectivity index (χ1v) is 12.8. The minimum absolute atomic E-state index is 0.0451. The molecule has 37 heavy (non-hydrogen) atoms. The Bertz CT molecular complexity index is 1260. The number of pyridine rings is 1. The fourth-order valence-corrected chi connectivity index (χ4v) is 4.91. The number of likely N-dealkylation sites (tertiary alicyclic amines) is 1. The number of hydrogen-bond acceptors (Lipinski definition) is 7. The summed E-state index contributed by atoms with van der Waals surface area (Å²) in [6.07, 6.45) is 4.66. The van der Waals surface area contributed by atoms with Crippen LogP contribution in [0.3, 0.4) is 0 Å². The molecule has 4 heterocycles. The Hall–Kier alpha value is -3.21. The number of rotatable bonds is 9. The van der Waals surface area contributed by atoms with Crippen molar-refractivity contribution in [3.8, 4) is 5.88 Å². The van der Waals surface area contributed by atoms with Crippen molar-refractivity contribution in [3.05, 3.63) is 76.2 Å². The van der Waals surface area contributed by atoms with Gasteiger partial charge in [-0.25, -0.2) is 14.4 Å². The molecule has 2 fully saturated rings. The van der Waals surface area contributed by atoms with Gasteiger partial charge in [-0.15, -0.1) is 0 Å². The van der Waals surface area contributed by atoms with E-state index in [0.29, 0.717) is 41.2 Å². The van der Waals surface area contributed by atoms with Crippen molar-refractivity contribution >= 4 is 17.4 Å². The van der Waals surface area contributed by atoms with E-state index in [1.54, 1.807) is 24.4 Å². The predicted molar refractivity (Wildman–Crippen MR) is 136 cm³/mol. The summed E-state index contributed by atoms with van der Waals surface area (Å²) >= 11 is 5.83. The Morgan fingerprint density at radius 2 is 2.05 bits per heavy atom. The van der Waals surface area contributed by atoms with E-state index in [-0.39, 0.29) is 18.5 Å². The minimum Gasteiger partial charge on any atom is -0.473 e. The van der Waals surface area contributed by atoms with Crippen LogP contribution in [-0.4, -0.2) is 56.3 Å². The quantitative estimate of drug-likeness (QED) is 0.187. The molecular formula is C26H30ClFN6O3. The SMILES string of the molecule is NC(=NO)c1cnc(CN2CCC(c3cccc(OCc4ccc(Cl)cc4F)n3)CC2)n1CC1CCO1. The van der Waals surface area contributed by atoms with Crippen LogP contribution < -0.4 is 10.5 Å². The number of nitrogens with zero attached hydrogens (tertiary/aromatic N) is 5. The molecule has 0 bridgehead atoms. The maximum atomic E-state index is 14.1. The van der Waals surface area contributed by atoms with Gasteiger partial charge in [0.25, 0.3) is 0 Å². The van der Waals surface area contributed by atoms with Gasteiger partial charge in [0.05, 0.1) is 25.4 Å². The second-order valence-electron chi connectivity index (χ2n) is 9.41. The van der Waals surface area contributed by atoms with Crippen LogP contribution in [0.4, 0.5) is 4.39 Å². The number of benzene rings is 1. The summed E-state index contributed by atoms with van der Waals surface area (Å²) in [5.74, 6) is 1.31. The molecule has 0 aliphatic carbocycles. The van der Waals surface area contributed by atoms with E-state index >= 15 is 0 Å². The first-order chi connectivity index (χ1) is 18.0. The van der Waals surface area contributed by atoms with Gasteiger partial charge in [0.15, 0.2) is 5.84 Å². The Kier molecular flexibility index (Phi) is 7.87. The molecule has 2 saturated heterocycles. The molecule has 5 rings (SSSR count). The highest BCUT2D eigenvalue weighted by Gasteiger charge is 2.26. The molecule has 3 N–H and O–H groups in total. The number of imidazole rings is 1. The number of amidine groups is 1. The van der Waals surface area contributed by atoms with Gasteiger partial charge in [-0.3, -0.25) is 4.90 Å². The molecule has 3 aromatic rings.